The fraction of sp³-hybridized carbons (Fsp3) is 0.348. The van der Waals surface area contributed by atoms with E-state index in [4.69, 9.17) is 14.2 Å². The maximum absolute atomic E-state index is 12.8. The molecule has 3 aromatic rings. The summed E-state index contributed by atoms with van der Waals surface area (Å²) in [5.74, 6) is 0.247. The van der Waals surface area contributed by atoms with Gasteiger partial charge < -0.3 is 18.8 Å². The molecule has 0 saturated carbocycles. The molecule has 0 spiro atoms. The Hall–Kier alpha value is -3.18. The third kappa shape index (κ3) is 4.85. The van der Waals surface area contributed by atoms with Gasteiger partial charge in [-0.3, -0.25) is 9.59 Å². The number of hydrogen-bond acceptors (Lipinski definition) is 8. The van der Waals surface area contributed by atoms with E-state index in [2.05, 4.69) is 4.99 Å². The van der Waals surface area contributed by atoms with E-state index in [0.717, 1.165) is 4.70 Å². The average Bonchev–Trinajstić information content (AvgIpc) is 3.13. The van der Waals surface area contributed by atoms with E-state index in [1.807, 2.05) is 0 Å². The van der Waals surface area contributed by atoms with Crippen LogP contribution in [0.3, 0.4) is 0 Å². The van der Waals surface area contributed by atoms with Crippen molar-refractivity contribution in [1.82, 2.24) is 4.57 Å². The molecule has 180 valence electrons. The van der Waals surface area contributed by atoms with Crippen LogP contribution in [0.4, 0.5) is 0 Å². The minimum Gasteiger partial charge on any atom is -0.486 e. The summed E-state index contributed by atoms with van der Waals surface area (Å²) in [5.41, 5.74) is 1.31. The van der Waals surface area contributed by atoms with E-state index in [1.165, 1.54) is 30.6 Å². The van der Waals surface area contributed by atoms with Crippen LogP contribution in [-0.4, -0.2) is 50.4 Å². The highest BCUT2D eigenvalue weighted by molar-refractivity contribution is 7.92. The number of benzene rings is 2. The van der Waals surface area contributed by atoms with E-state index in [9.17, 15) is 18.0 Å². The van der Waals surface area contributed by atoms with Gasteiger partial charge in [0.15, 0.2) is 26.1 Å². The van der Waals surface area contributed by atoms with E-state index in [1.54, 1.807) is 42.7 Å². The SMILES string of the molecule is COC(=O)Cn1c(=NC(=O)Cc2ccc(S(=O)(=O)C(C)C)cc2)sc2cc3c(cc21)OCCO3. The lowest BCUT2D eigenvalue weighted by Crippen LogP contribution is -2.23. The van der Waals surface area contributed by atoms with Crippen molar-refractivity contribution >= 4 is 43.3 Å². The first kappa shape index (κ1) is 24.0. The van der Waals surface area contributed by atoms with Gasteiger partial charge in [0.25, 0.3) is 5.91 Å². The van der Waals surface area contributed by atoms with Crippen LogP contribution in [0.1, 0.15) is 19.4 Å². The van der Waals surface area contributed by atoms with Gasteiger partial charge in [-0.2, -0.15) is 4.99 Å². The minimum absolute atomic E-state index is 0.0167. The molecule has 0 unspecified atom stereocenters. The van der Waals surface area contributed by atoms with Crippen LogP contribution in [0.2, 0.25) is 0 Å². The Morgan fingerprint density at radius 2 is 1.76 bits per heavy atom. The molecule has 1 amide bonds. The number of carbonyl (C=O) groups is 2. The Kier molecular flexibility index (Phi) is 6.76. The van der Waals surface area contributed by atoms with Crippen molar-refractivity contribution in [3.63, 3.8) is 0 Å². The zero-order valence-electron chi connectivity index (χ0n) is 18.9. The molecule has 1 aliphatic rings. The van der Waals surface area contributed by atoms with Gasteiger partial charge in [-0.1, -0.05) is 23.5 Å². The van der Waals surface area contributed by atoms with E-state index in [0.29, 0.717) is 40.6 Å². The highest BCUT2D eigenvalue weighted by atomic mass is 32.2. The maximum Gasteiger partial charge on any atom is 0.325 e. The zero-order chi connectivity index (χ0) is 24.5. The first-order chi connectivity index (χ1) is 16.2. The molecule has 4 rings (SSSR count). The van der Waals surface area contributed by atoms with Crippen LogP contribution < -0.4 is 14.3 Å². The standard InChI is InChI=1S/C23H24N2O7S2/c1-14(2)34(28,29)16-6-4-15(5-7-16)10-21(26)24-23-25(13-22(27)30-3)17-11-18-19(12-20(17)33-23)32-9-8-31-18/h4-7,11-12,14H,8-10,13H2,1-3H3. The lowest BCUT2D eigenvalue weighted by atomic mass is 10.1. The van der Waals surface area contributed by atoms with Crippen molar-refractivity contribution in [3.8, 4) is 11.5 Å². The van der Waals surface area contributed by atoms with E-state index < -0.39 is 27.0 Å². The Balaban J connectivity index is 1.67. The first-order valence-electron chi connectivity index (χ1n) is 10.6. The van der Waals surface area contributed by atoms with Crippen LogP contribution in [0.25, 0.3) is 10.2 Å². The average molecular weight is 505 g/mol. The van der Waals surface area contributed by atoms with Crippen LogP contribution in [0.15, 0.2) is 46.3 Å². The second kappa shape index (κ2) is 9.59. The summed E-state index contributed by atoms with van der Waals surface area (Å²) < 4.78 is 43.1. The molecule has 2 aromatic carbocycles. The normalized spacial score (nSPS) is 13.9. The number of esters is 1. The summed E-state index contributed by atoms with van der Waals surface area (Å²) >= 11 is 1.25. The Bertz CT molecular complexity index is 1420. The predicted molar refractivity (Wildman–Crippen MR) is 126 cm³/mol. The van der Waals surface area contributed by atoms with Crippen molar-refractivity contribution in [2.24, 2.45) is 4.99 Å². The monoisotopic (exact) mass is 504 g/mol. The Morgan fingerprint density at radius 1 is 1.12 bits per heavy atom. The molecule has 0 fully saturated rings. The number of sulfone groups is 1. The van der Waals surface area contributed by atoms with Gasteiger partial charge in [0.2, 0.25) is 0 Å². The molecule has 9 nitrogen and oxygen atoms in total. The van der Waals surface area contributed by atoms with Gasteiger partial charge >= 0.3 is 5.97 Å². The summed E-state index contributed by atoms with van der Waals surface area (Å²) in [4.78, 5) is 29.6. The Labute approximate surface area is 200 Å². The number of fused-ring (bicyclic) bond motifs is 2. The number of amides is 1. The molecule has 0 bridgehead atoms. The number of methoxy groups -OCH3 is 1. The van der Waals surface area contributed by atoms with Gasteiger partial charge in [0, 0.05) is 12.1 Å². The lowest BCUT2D eigenvalue weighted by molar-refractivity contribution is -0.141. The maximum atomic E-state index is 12.8. The summed E-state index contributed by atoms with van der Waals surface area (Å²) in [6, 6.07) is 9.79. The molecule has 34 heavy (non-hydrogen) atoms. The number of carbonyl (C=O) groups excluding carboxylic acids is 2. The molecule has 11 heteroatoms. The van der Waals surface area contributed by atoms with Crippen LogP contribution in [0, 0.1) is 0 Å². The van der Waals surface area contributed by atoms with Crippen LogP contribution in [-0.2, 0) is 37.1 Å². The summed E-state index contributed by atoms with van der Waals surface area (Å²) in [7, 11) is -2.09. The number of rotatable bonds is 6. The summed E-state index contributed by atoms with van der Waals surface area (Å²) in [6.07, 6.45) is -0.0167. The van der Waals surface area contributed by atoms with Crippen molar-refractivity contribution in [2.45, 2.75) is 37.0 Å². The van der Waals surface area contributed by atoms with Crippen LogP contribution >= 0.6 is 11.3 Å². The van der Waals surface area contributed by atoms with Gasteiger partial charge in [0.1, 0.15) is 19.8 Å². The molecule has 0 aliphatic carbocycles. The zero-order valence-corrected chi connectivity index (χ0v) is 20.6. The van der Waals surface area contributed by atoms with Crippen molar-refractivity contribution < 1.29 is 32.2 Å². The van der Waals surface area contributed by atoms with Gasteiger partial charge in [0.05, 0.1) is 33.9 Å². The predicted octanol–water partition coefficient (Wildman–Crippen LogP) is 2.50. The van der Waals surface area contributed by atoms with Gasteiger partial charge in [-0.15, -0.1) is 0 Å². The Morgan fingerprint density at radius 3 is 2.38 bits per heavy atom. The third-order valence-electron chi connectivity index (χ3n) is 5.31. The molecule has 0 saturated heterocycles. The molecule has 0 N–H and O–H groups in total. The second-order valence-corrected chi connectivity index (χ2v) is 11.4. The number of thiazole rings is 1. The van der Waals surface area contributed by atoms with E-state index in [-0.39, 0.29) is 17.9 Å². The number of aromatic nitrogens is 1. The molecular weight excluding hydrogens is 480 g/mol. The number of nitrogens with zero attached hydrogens (tertiary/aromatic N) is 2. The van der Waals surface area contributed by atoms with Gasteiger partial charge in [-0.05, 0) is 31.5 Å². The fourth-order valence-corrected chi connectivity index (χ4v) is 5.54. The molecule has 0 atom stereocenters. The molecular formula is C23H24N2O7S2. The van der Waals surface area contributed by atoms with Gasteiger partial charge in [-0.25, -0.2) is 8.42 Å². The highest BCUT2D eigenvalue weighted by Crippen LogP contribution is 2.35. The van der Waals surface area contributed by atoms with E-state index >= 15 is 0 Å². The quantitative estimate of drug-likeness (QED) is 0.474. The third-order valence-corrected chi connectivity index (χ3v) is 8.52. The number of hydrogen-bond donors (Lipinski definition) is 0. The first-order valence-corrected chi connectivity index (χ1v) is 13.0. The molecule has 2 heterocycles. The van der Waals surface area contributed by atoms with Crippen molar-refractivity contribution in [2.75, 3.05) is 20.3 Å². The summed E-state index contributed by atoms with van der Waals surface area (Å²) in [6.45, 7) is 3.99. The summed E-state index contributed by atoms with van der Waals surface area (Å²) in [5, 5.41) is -0.533. The second-order valence-electron chi connectivity index (χ2n) is 7.93. The molecule has 1 aromatic heterocycles. The fourth-order valence-electron chi connectivity index (χ4n) is 3.43. The number of ether oxygens (including phenoxy) is 3. The lowest BCUT2D eigenvalue weighted by Gasteiger charge is -2.18. The molecule has 1 aliphatic heterocycles. The molecule has 0 radical (unpaired) electrons. The van der Waals surface area contributed by atoms with Crippen molar-refractivity contribution in [3.05, 3.63) is 46.8 Å². The van der Waals surface area contributed by atoms with Crippen molar-refractivity contribution in [1.29, 1.82) is 0 Å². The topological polar surface area (TPSA) is 113 Å². The minimum atomic E-state index is -3.39. The van der Waals surface area contributed by atoms with Crippen LogP contribution in [0.5, 0.6) is 11.5 Å². The largest absolute Gasteiger partial charge is 0.486 e. The smallest absolute Gasteiger partial charge is 0.325 e. The highest BCUT2D eigenvalue weighted by Gasteiger charge is 2.20.